The number of carbonyl (C=O) groups excluding carboxylic acids is 1. The molecule has 2 saturated heterocycles. The van der Waals surface area contributed by atoms with Gasteiger partial charge in [-0.3, -0.25) is 24.9 Å². The Bertz CT molecular complexity index is 2630. The van der Waals surface area contributed by atoms with Crippen molar-refractivity contribution in [3.63, 3.8) is 0 Å². The Morgan fingerprint density at radius 2 is 1.76 bits per heavy atom. The number of nitro groups is 1. The number of hydrogen-bond donors (Lipinski definition) is 3. The summed E-state index contributed by atoms with van der Waals surface area (Å²) in [6.07, 6.45) is 3.38. The second-order valence-corrected chi connectivity index (χ2v) is 19.0. The fraction of sp³-hybridized carbons (Fsp3) is 0.386. The molecule has 4 aromatic carbocycles. The van der Waals surface area contributed by atoms with Crippen molar-refractivity contribution < 1.29 is 32.0 Å². The molecule has 326 valence electrons. The van der Waals surface area contributed by atoms with Gasteiger partial charge in [-0.05, 0) is 84.3 Å². The van der Waals surface area contributed by atoms with Crippen LogP contribution in [-0.4, -0.2) is 97.7 Å². The van der Waals surface area contributed by atoms with Crippen molar-refractivity contribution in [1.29, 1.82) is 0 Å². The van der Waals surface area contributed by atoms with Gasteiger partial charge in [-0.1, -0.05) is 54.4 Å². The van der Waals surface area contributed by atoms with Crippen LogP contribution in [0.1, 0.15) is 61.9 Å². The van der Waals surface area contributed by atoms with E-state index in [0.29, 0.717) is 29.1 Å². The first-order chi connectivity index (χ1) is 29.7. The average molecular weight is 887 g/mol. The number of nitrogens with zero attached hydrogens (tertiary/aromatic N) is 5. The van der Waals surface area contributed by atoms with E-state index >= 15 is 4.39 Å². The minimum atomic E-state index is -4.65. The first-order valence-corrected chi connectivity index (χ1v) is 22.4. The number of aromatic nitrogens is 3. The lowest BCUT2D eigenvalue weighted by Crippen LogP contribution is -2.47. The molecule has 15 nitrogen and oxygen atoms in total. The van der Waals surface area contributed by atoms with Crippen LogP contribution in [0.5, 0.6) is 11.5 Å². The highest BCUT2D eigenvalue weighted by atomic mass is 35.5. The van der Waals surface area contributed by atoms with Crippen LogP contribution in [0.25, 0.3) is 16.6 Å². The van der Waals surface area contributed by atoms with Gasteiger partial charge >= 0.3 is 0 Å². The number of fused-ring (bicyclic) bond motifs is 1. The minimum Gasteiger partial charge on any atom is -0.454 e. The molecule has 8 rings (SSSR count). The number of ether oxygens (including phenoxy) is 2. The molecule has 0 atom stereocenters. The van der Waals surface area contributed by atoms with Crippen molar-refractivity contribution in [2.75, 3.05) is 62.7 Å². The van der Waals surface area contributed by atoms with E-state index in [-0.39, 0.29) is 60.8 Å². The van der Waals surface area contributed by atoms with Gasteiger partial charge < -0.3 is 19.7 Å². The third kappa shape index (κ3) is 9.70. The van der Waals surface area contributed by atoms with Crippen molar-refractivity contribution in [3.05, 3.63) is 111 Å². The number of halogens is 2. The highest BCUT2D eigenvalue weighted by Crippen LogP contribution is 2.44. The number of benzene rings is 4. The molecule has 5 aromatic rings. The topological polar surface area (TPSA) is 185 Å². The molecule has 3 aliphatic rings. The van der Waals surface area contributed by atoms with Crippen LogP contribution in [0, 0.1) is 15.5 Å². The summed E-state index contributed by atoms with van der Waals surface area (Å²) in [6.45, 7) is 8.70. The van der Waals surface area contributed by atoms with Crippen LogP contribution in [0.4, 0.5) is 21.5 Å². The number of rotatable bonds is 13. The SMILES string of the molecule is CC1(C)CCC(CN2CCN(c3ccc(C(=O)NS(=O)(=O)c4ccc(NCC5(F)CCOCC5)c([N+](=O)[O-])c4)c(Oc4cccc5[nH]nnc45)c3)CC2)=C(c2ccc(Cl)cc2)C1. The molecule has 0 saturated carbocycles. The maximum atomic E-state index is 15.2. The molecule has 0 unspecified atom stereocenters. The lowest BCUT2D eigenvalue weighted by Gasteiger charge is -2.39. The van der Waals surface area contributed by atoms with Gasteiger partial charge in [-0.15, -0.1) is 5.10 Å². The molecule has 1 aromatic heterocycles. The second kappa shape index (κ2) is 17.6. The summed E-state index contributed by atoms with van der Waals surface area (Å²) in [5.74, 6) is -0.674. The van der Waals surface area contributed by atoms with Gasteiger partial charge in [0.2, 0.25) is 0 Å². The van der Waals surface area contributed by atoms with E-state index in [9.17, 15) is 23.3 Å². The van der Waals surface area contributed by atoms with Crippen LogP contribution in [0.15, 0.2) is 89.3 Å². The van der Waals surface area contributed by atoms with Crippen LogP contribution >= 0.6 is 11.6 Å². The molecule has 3 N–H and O–H groups in total. The van der Waals surface area contributed by atoms with Crippen LogP contribution in [-0.2, 0) is 14.8 Å². The maximum Gasteiger partial charge on any atom is 0.293 e. The number of allylic oxidation sites excluding steroid dienone is 1. The average Bonchev–Trinajstić information content (AvgIpc) is 3.74. The lowest BCUT2D eigenvalue weighted by atomic mass is 9.72. The molecular formula is C44H48ClFN8O7S. The molecule has 1 aliphatic carbocycles. The minimum absolute atomic E-state index is 0.0595. The van der Waals surface area contributed by atoms with E-state index in [1.54, 1.807) is 30.3 Å². The fourth-order valence-corrected chi connectivity index (χ4v) is 9.42. The van der Waals surface area contributed by atoms with E-state index < -0.39 is 37.1 Å². The van der Waals surface area contributed by atoms with Crippen LogP contribution in [0.3, 0.4) is 0 Å². The molecular weight excluding hydrogens is 839 g/mol. The number of sulfonamides is 1. The van der Waals surface area contributed by atoms with Gasteiger partial charge in [0.25, 0.3) is 21.6 Å². The van der Waals surface area contributed by atoms with Crippen LogP contribution < -0.4 is 19.7 Å². The normalized spacial score (nSPS) is 18.1. The van der Waals surface area contributed by atoms with E-state index in [2.05, 4.69) is 61.2 Å². The summed E-state index contributed by atoms with van der Waals surface area (Å²) in [6, 6.07) is 21.4. The zero-order chi connectivity index (χ0) is 43.6. The van der Waals surface area contributed by atoms with Gasteiger partial charge in [0.05, 0.1) is 20.9 Å². The third-order valence-electron chi connectivity index (χ3n) is 12.0. The number of piperazine rings is 1. The van der Waals surface area contributed by atoms with E-state index in [1.807, 2.05) is 12.1 Å². The van der Waals surface area contributed by atoms with E-state index in [4.69, 9.17) is 21.1 Å². The largest absolute Gasteiger partial charge is 0.454 e. The third-order valence-corrected chi connectivity index (χ3v) is 13.5. The zero-order valence-corrected chi connectivity index (χ0v) is 36.0. The Morgan fingerprint density at radius 3 is 2.50 bits per heavy atom. The number of hydrogen-bond acceptors (Lipinski definition) is 12. The first kappa shape index (κ1) is 43.0. The predicted octanol–water partition coefficient (Wildman–Crippen LogP) is 8.15. The number of nitrogens with one attached hydrogen (secondary N) is 3. The second-order valence-electron chi connectivity index (χ2n) is 16.9. The summed E-state index contributed by atoms with van der Waals surface area (Å²) >= 11 is 6.23. The lowest BCUT2D eigenvalue weighted by molar-refractivity contribution is -0.384. The summed E-state index contributed by atoms with van der Waals surface area (Å²) in [4.78, 5) is 29.4. The number of carbonyl (C=O) groups is 1. The molecule has 2 fully saturated rings. The molecule has 2 aliphatic heterocycles. The number of anilines is 2. The van der Waals surface area contributed by atoms with Crippen LogP contribution in [0.2, 0.25) is 5.02 Å². The van der Waals surface area contributed by atoms with Crippen molar-refractivity contribution in [2.24, 2.45) is 5.41 Å². The van der Waals surface area contributed by atoms with E-state index in [1.165, 1.54) is 28.8 Å². The smallest absolute Gasteiger partial charge is 0.293 e. The zero-order valence-electron chi connectivity index (χ0n) is 34.5. The number of amides is 1. The molecule has 62 heavy (non-hydrogen) atoms. The van der Waals surface area contributed by atoms with E-state index in [0.717, 1.165) is 56.7 Å². The number of nitro benzene ring substituents is 1. The molecule has 3 heterocycles. The molecule has 18 heteroatoms. The molecule has 0 radical (unpaired) electrons. The summed E-state index contributed by atoms with van der Waals surface area (Å²) in [5.41, 5.74) is 3.64. The molecule has 1 amide bonds. The van der Waals surface area contributed by atoms with Crippen molar-refractivity contribution in [1.82, 2.24) is 25.0 Å². The highest BCUT2D eigenvalue weighted by Gasteiger charge is 2.34. The van der Waals surface area contributed by atoms with Crippen molar-refractivity contribution in [2.45, 2.75) is 56.5 Å². The Kier molecular flexibility index (Phi) is 12.2. The van der Waals surface area contributed by atoms with Crippen molar-refractivity contribution >= 4 is 61.2 Å². The van der Waals surface area contributed by atoms with Gasteiger partial charge in [-0.2, -0.15) is 0 Å². The quantitative estimate of drug-likeness (QED) is 0.0763. The summed E-state index contributed by atoms with van der Waals surface area (Å²) < 4.78 is 56.2. The highest BCUT2D eigenvalue weighted by molar-refractivity contribution is 7.90. The Balaban J connectivity index is 1.01. The number of aromatic amines is 1. The van der Waals surface area contributed by atoms with Gasteiger partial charge in [0.15, 0.2) is 11.3 Å². The first-order valence-electron chi connectivity index (χ1n) is 20.6. The monoisotopic (exact) mass is 886 g/mol. The summed E-state index contributed by atoms with van der Waals surface area (Å²) in [5, 5.41) is 26.3. The number of H-pyrrole nitrogens is 1. The van der Waals surface area contributed by atoms with Crippen molar-refractivity contribution in [3.8, 4) is 11.5 Å². The Labute approximate surface area is 363 Å². The maximum absolute atomic E-state index is 15.2. The van der Waals surface area contributed by atoms with Gasteiger partial charge in [-0.25, -0.2) is 17.5 Å². The molecule has 0 bridgehead atoms. The fourth-order valence-electron chi connectivity index (χ4n) is 8.31. The molecule has 0 spiro atoms. The van der Waals surface area contributed by atoms with Gasteiger partial charge in [0, 0.05) is 88.2 Å². The van der Waals surface area contributed by atoms with Gasteiger partial charge in [0.1, 0.15) is 17.1 Å². The Hall–Kier alpha value is -5.62. The summed E-state index contributed by atoms with van der Waals surface area (Å²) in [7, 11) is -4.65. The predicted molar refractivity (Wildman–Crippen MR) is 235 cm³/mol. The Morgan fingerprint density at radius 1 is 1.00 bits per heavy atom. The standard InChI is InChI=1S/C44H48ClFN8O7S/c1-43(2)15-14-30(35(26-43)29-6-8-31(45)9-7-29)27-52-18-20-53(21-19-52)32-10-12-34(40(24-32)61-39-5-3-4-37-41(39)49-51-48-37)42(55)50-62(58,59)33-11-13-36(38(25-33)54(56)57)47-28-44(46)16-22-60-23-17-44/h3-13,24-25,47H,14-23,26-28H2,1-2H3,(H,50,55)(H,48,49,51). The number of alkyl halides is 1.